The van der Waals surface area contributed by atoms with Crippen LogP contribution in [0.15, 0.2) is 15.2 Å². The number of halogens is 1. The molecule has 0 bridgehead atoms. The highest BCUT2D eigenvalue weighted by Gasteiger charge is 1.97. The number of thiophene rings is 1. The van der Waals surface area contributed by atoms with Gasteiger partial charge in [0, 0.05) is 0 Å². The third kappa shape index (κ3) is 1.78. The first-order chi connectivity index (χ1) is 4.34. The second kappa shape index (κ2) is 3.34. The quantitative estimate of drug-likeness (QED) is 0.786. The molecule has 0 aliphatic heterocycles. The summed E-state index contributed by atoms with van der Waals surface area (Å²) in [6.45, 7) is 0.731. The minimum absolute atomic E-state index is 0.731. The van der Waals surface area contributed by atoms with E-state index in [1.807, 2.05) is 0 Å². The van der Waals surface area contributed by atoms with Crippen molar-refractivity contribution in [2.24, 2.45) is 5.73 Å². The van der Waals surface area contributed by atoms with Crippen LogP contribution in [0, 0.1) is 0 Å². The molecule has 1 heterocycles. The summed E-state index contributed by atoms with van der Waals surface area (Å²) in [5.41, 5.74) is 6.69. The third-order valence-corrected chi connectivity index (χ3v) is 2.92. The molecular weight excluding hydrogens is 198 g/mol. The molecule has 1 aromatic heterocycles. The van der Waals surface area contributed by atoms with Gasteiger partial charge in [-0.15, -0.1) is 11.3 Å². The van der Waals surface area contributed by atoms with Crippen molar-refractivity contribution in [3.8, 4) is 0 Å². The lowest BCUT2D eigenvalue weighted by molar-refractivity contribution is 0.970. The first kappa shape index (κ1) is 7.25. The van der Waals surface area contributed by atoms with Crippen LogP contribution in [0.2, 0.25) is 0 Å². The summed E-state index contributed by atoms with van der Waals surface area (Å²) >= 11 is 5.14. The minimum atomic E-state index is 0.731. The molecule has 0 saturated carbocycles. The molecule has 1 aromatic rings. The maximum Gasteiger partial charge on any atom is 0.0730 e. The molecule has 0 saturated heterocycles. The molecule has 0 fully saturated rings. The van der Waals surface area contributed by atoms with Gasteiger partial charge in [-0.25, -0.2) is 0 Å². The van der Waals surface area contributed by atoms with Gasteiger partial charge in [-0.2, -0.15) is 0 Å². The van der Waals surface area contributed by atoms with Crippen LogP contribution in [0.1, 0.15) is 5.56 Å². The van der Waals surface area contributed by atoms with E-state index in [1.54, 1.807) is 11.3 Å². The van der Waals surface area contributed by atoms with Gasteiger partial charge in [0.2, 0.25) is 0 Å². The Balaban J connectivity index is 2.69. The highest BCUT2D eigenvalue weighted by atomic mass is 79.9. The van der Waals surface area contributed by atoms with E-state index in [0.717, 1.165) is 13.0 Å². The Kier molecular flexibility index (Phi) is 2.69. The van der Waals surface area contributed by atoms with Crippen molar-refractivity contribution in [1.82, 2.24) is 0 Å². The fraction of sp³-hybridized carbons (Fsp3) is 0.333. The average Bonchev–Trinajstić information content (AvgIpc) is 2.18. The molecule has 0 unspecified atom stereocenters. The molecule has 0 radical (unpaired) electrons. The molecule has 0 aliphatic rings. The van der Waals surface area contributed by atoms with Crippen molar-refractivity contribution in [2.75, 3.05) is 6.54 Å². The third-order valence-electron chi connectivity index (χ3n) is 1.11. The monoisotopic (exact) mass is 205 g/mol. The molecule has 0 atom stereocenters. The molecule has 0 spiro atoms. The van der Waals surface area contributed by atoms with Crippen molar-refractivity contribution in [1.29, 1.82) is 0 Å². The second-order valence-electron chi connectivity index (χ2n) is 1.76. The number of nitrogens with two attached hydrogens (primary N) is 1. The number of rotatable bonds is 2. The van der Waals surface area contributed by atoms with Crippen LogP contribution in [0.3, 0.4) is 0 Å². The lowest BCUT2D eigenvalue weighted by atomic mass is 10.2. The van der Waals surface area contributed by atoms with Crippen molar-refractivity contribution >= 4 is 27.3 Å². The van der Waals surface area contributed by atoms with Gasteiger partial charge in [-0.3, -0.25) is 0 Å². The highest BCUT2D eigenvalue weighted by molar-refractivity contribution is 9.11. The second-order valence-corrected chi connectivity index (χ2v) is 3.99. The molecule has 9 heavy (non-hydrogen) atoms. The molecule has 1 rings (SSSR count). The van der Waals surface area contributed by atoms with Gasteiger partial charge in [-0.1, -0.05) is 0 Å². The molecule has 0 aromatic carbocycles. The highest BCUT2D eigenvalue weighted by Crippen LogP contribution is 2.23. The molecule has 2 N–H and O–H groups in total. The van der Waals surface area contributed by atoms with Gasteiger partial charge < -0.3 is 5.73 Å². The Hall–Kier alpha value is 0.140. The summed E-state index contributed by atoms with van der Waals surface area (Å²) in [5.74, 6) is 0. The number of hydrogen-bond donors (Lipinski definition) is 1. The van der Waals surface area contributed by atoms with Gasteiger partial charge in [-0.05, 0) is 45.9 Å². The van der Waals surface area contributed by atoms with E-state index in [1.165, 1.54) is 9.35 Å². The standard InChI is InChI=1S/C6H8BrNS/c7-6-5(1-3-8)2-4-9-6/h2,4H,1,3,8H2. The lowest BCUT2D eigenvalue weighted by Crippen LogP contribution is -2.01. The predicted molar refractivity (Wildman–Crippen MR) is 44.8 cm³/mol. The summed E-state index contributed by atoms with van der Waals surface area (Å²) in [6.07, 6.45) is 0.976. The first-order valence-corrected chi connectivity index (χ1v) is 4.44. The van der Waals surface area contributed by atoms with Gasteiger partial charge >= 0.3 is 0 Å². The van der Waals surface area contributed by atoms with E-state index >= 15 is 0 Å². The van der Waals surface area contributed by atoms with Gasteiger partial charge in [0.25, 0.3) is 0 Å². The van der Waals surface area contributed by atoms with Gasteiger partial charge in [0.1, 0.15) is 0 Å². The Morgan fingerprint density at radius 1 is 1.67 bits per heavy atom. The Labute approximate surface area is 67.0 Å². The zero-order valence-corrected chi connectivity index (χ0v) is 7.33. The van der Waals surface area contributed by atoms with E-state index in [4.69, 9.17) is 5.73 Å². The van der Waals surface area contributed by atoms with Gasteiger partial charge in [0.15, 0.2) is 0 Å². The largest absolute Gasteiger partial charge is 0.330 e. The van der Waals surface area contributed by atoms with E-state index in [2.05, 4.69) is 27.4 Å². The van der Waals surface area contributed by atoms with Crippen LogP contribution in [-0.4, -0.2) is 6.54 Å². The van der Waals surface area contributed by atoms with Crippen molar-refractivity contribution in [3.63, 3.8) is 0 Å². The lowest BCUT2D eigenvalue weighted by Gasteiger charge is -1.91. The molecule has 50 valence electrons. The minimum Gasteiger partial charge on any atom is -0.330 e. The first-order valence-electron chi connectivity index (χ1n) is 2.76. The van der Waals surface area contributed by atoms with Crippen molar-refractivity contribution in [3.05, 3.63) is 20.8 Å². The number of hydrogen-bond acceptors (Lipinski definition) is 2. The molecule has 0 amide bonds. The fourth-order valence-electron chi connectivity index (χ4n) is 0.654. The smallest absolute Gasteiger partial charge is 0.0730 e. The van der Waals surface area contributed by atoms with Crippen LogP contribution in [0.25, 0.3) is 0 Å². The van der Waals surface area contributed by atoms with Crippen LogP contribution < -0.4 is 5.73 Å². The maximum atomic E-state index is 5.37. The Bertz CT molecular complexity index is 185. The maximum absolute atomic E-state index is 5.37. The van der Waals surface area contributed by atoms with Crippen LogP contribution >= 0.6 is 27.3 Å². The average molecular weight is 206 g/mol. The molecule has 1 nitrogen and oxygen atoms in total. The predicted octanol–water partition coefficient (Wildman–Crippen LogP) is 2.01. The van der Waals surface area contributed by atoms with E-state index in [0.29, 0.717) is 0 Å². The molecular formula is C6H8BrNS. The summed E-state index contributed by atoms with van der Waals surface area (Å²) < 4.78 is 1.22. The van der Waals surface area contributed by atoms with E-state index in [-0.39, 0.29) is 0 Å². The summed E-state index contributed by atoms with van der Waals surface area (Å²) in [6, 6.07) is 2.10. The van der Waals surface area contributed by atoms with Crippen molar-refractivity contribution in [2.45, 2.75) is 6.42 Å². The van der Waals surface area contributed by atoms with Crippen LogP contribution in [0.4, 0.5) is 0 Å². The zero-order chi connectivity index (χ0) is 6.69. The Morgan fingerprint density at radius 3 is 2.89 bits per heavy atom. The van der Waals surface area contributed by atoms with Crippen molar-refractivity contribution < 1.29 is 0 Å². The normalized spacial score (nSPS) is 10.0. The van der Waals surface area contributed by atoms with Crippen LogP contribution in [-0.2, 0) is 6.42 Å². The van der Waals surface area contributed by atoms with Gasteiger partial charge in [0.05, 0.1) is 3.79 Å². The fourth-order valence-corrected chi connectivity index (χ4v) is 1.98. The summed E-state index contributed by atoms with van der Waals surface area (Å²) in [5, 5.41) is 2.06. The zero-order valence-electron chi connectivity index (χ0n) is 4.93. The topological polar surface area (TPSA) is 26.0 Å². The van der Waals surface area contributed by atoms with E-state index < -0.39 is 0 Å². The SMILES string of the molecule is NCCc1ccsc1Br. The molecule has 0 aliphatic carbocycles. The summed E-state index contributed by atoms with van der Waals surface area (Å²) in [7, 11) is 0. The molecule has 3 heteroatoms. The van der Waals surface area contributed by atoms with Crippen LogP contribution in [0.5, 0.6) is 0 Å². The summed E-state index contributed by atoms with van der Waals surface area (Å²) in [4.78, 5) is 0. The Morgan fingerprint density at radius 2 is 2.44 bits per heavy atom. The van der Waals surface area contributed by atoms with E-state index in [9.17, 15) is 0 Å².